The predicted octanol–water partition coefficient (Wildman–Crippen LogP) is 4.67. The summed E-state index contributed by atoms with van der Waals surface area (Å²) < 4.78 is 18.7. The SMILES string of the molecule is CCCc1nc(Cl)cc(Oc2ccc(Cl)c(F)c2)n1. The molecule has 0 radical (unpaired) electrons. The Balaban J connectivity index is 2.24. The number of nitrogens with zero attached hydrogens (tertiary/aromatic N) is 2. The topological polar surface area (TPSA) is 35.0 Å². The van der Waals surface area contributed by atoms with Crippen LogP contribution in [0.4, 0.5) is 4.39 Å². The summed E-state index contributed by atoms with van der Waals surface area (Å²) in [5.41, 5.74) is 0. The molecule has 6 heteroatoms. The van der Waals surface area contributed by atoms with E-state index in [0.717, 1.165) is 6.42 Å². The summed E-state index contributed by atoms with van der Waals surface area (Å²) in [6, 6.07) is 5.65. The molecule has 2 aromatic rings. The van der Waals surface area contributed by atoms with E-state index in [-0.39, 0.29) is 10.9 Å². The van der Waals surface area contributed by atoms with Crippen molar-refractivity contribution in [3.8, 4) is 11.6 Å². The molecule has 1 heterocycles. The molecular weight excluding hydrogens is 290 g/mol. The van der Waals surface area contributed by atoms with Gasteiger partial charge in [-0.25, -0.2) is 9.37 Å². The average Bonchev–Trinajstić information content (AvgIpc) is 2.33. The highest BCUT2D eigenvalue weighted by atomic mass is 35.5. The van der Waals surface area contributed by atoms with Gasteiger partial charge in [0.2, 0.25) is 5.88 Å². The number of hydrogen-bond acceptors (Lipinski definition) is 3. The van der Waals surface area contributed by atoms with Crippen LogP contribution >= 0.6 is 23.2 Å². The van der Waals surface area contributed by atoms with Crippen LogP contribution in [0.1, 0.15) is 19.2 Å². The maximum atomic E-state index is 13.3. The normalized spacial score (nSPS) is 10.5. The van der Waals surface area contributed by atoms with Crippen molar-refractivity contribution >= 4 is 23.2 Å². The Kier molecular flexibility index (Phi) is 4.56. The second-order valence-corrected chi connectivity index (χ2v) is 4.67. The lowest BCUT2D eigenvalue weighted by atomic mass is 10.3. The van der Waals surface area contributed by atoms with E-state index in [9.17, 15) is 4.39 Å². The largest absolute Gasteiger partial charge is 0.439 e. The lowest BCUT2D eigenvalue weighted by Crippen LogP contribution is -1.97. The van der Waals surface area contributed by atoms with Gasteiger partial charge < -0.3 is 4.74 Å². The van der Waals surface area contributed by atoms with E-state index in [4.69, 9.17) is 27.9 Å². The van der Waals surface area contributed by atoms with Crippen LogP contribution in [0.2, 0.25) is 10.2 Å². The first-order valence-corrected chi connectivity index (χ1v) is 6.50. The fraction of sp³-hybridized carbons (Fsp3) is 0.231. The van der Waals surface area contributed by atoms with Gasteiger partial charge in [-0.15, -0.1) is 0 Å². The van der Waals surface area contributed by atoms with Crippen LogP contribution < -0.4 is 4.74 Å². The Hall–Kier alpha value is -1.39. The lowest BCUT2D eigenvalue weighted by molar-refractivity contribution is 0.454. The van der Waals surface area contributed by atoms with Gasteiger partial charge in [-0.05, 0) is 18.6 Å². The number of ether oxygens (including phenoxy) is 1. The summed E-state index contributed by atoms with van der Waals surface area (Å²) >= 11 is 11.5. The zero-order valence-electron chi connectivity index (χ0n) is 10.2. The third-order valence-electron chi connectivity index (χ3n) is 2.30. The Bertz CT molecular complexity index is 593. The molecule has 0 aliphatic rings. The molecule has 0 N–H and O–H groups in total. The predicted molar refractivity (Wildman–Crippen MR) is 72.5 cm³/mol. The summed E-state index contributed by atoms with van der Waals surface area (Å²) in [4.78, 5) is 8.27. The van der Waals surface area contributed by atoms with Gasteiger partial charge in [0.15, 0.2) is 0 Å². The van der Waals surface area contributed by atoms with Crippen LogP contribution in [0.25, 0.3) is 0 Å². The minimum absolute atomic E-state index is 0.0414. The molecule has 0 amide bonds. The maximum absolute atomic E-state index is 13.3. The number of rotatable bonds is 4. The minimum Gasteiger partial charge on any atom is -0.439 e. The highest BCUT2D eigenvalue weighted by Gasteiger charge is 2.07. The maximum Gasteiger partial charge on any atom is 0.224 e. The first kappa shape index (κ1) is 14.0. The molecule has 2 rings (SSSR count). The molecule has 1 aromatic carbocycles. The third kappa shape index (κ3) is 3.78. The number of benzene rings is 1. The Morgan fingerprint density at radius 2 is 2.00 bits per heavy atom. The van der Waals surface area contributed by atoms with Crippen molar-refractivity contribution in [1.29, 1.82) is 0 Å². The highest BCUT2D eigenvalue weighted by Crippen LogP contribution is 2.25. The minimum atomic E-state index is -0.548. The van der Waals surface area contributed by atoms with Crippen LogP contribution in [0, 0.1) is 5.82 Å². The molecule has 19 heavy (non-hydrogen) atoms. The molecule has 3 nitrogen and oxygen atoms in total. The number of hydrogen-bond donors (Lipinski definition) is 0. The van der Waals surface area contributed by atoms with Crippen molar-refractivity contribution < 1.29 is 9.13 Å². The smallest absolute Gasteiger partial charge is 0.224 e. The summed E-state index contributed by atoms with van der Waals surface area (Å²) in [6.07, 6.45) is 1.60. The van der Waals surface area contributed by atoms with Crippen molar-refractivity contribution in [2.45, 2.75) is 19.8 Å². The molecule has 0 atom stereocenters. The van der Waals surface area contributed by atoms with Gasteiger partial charge in [-0.1, -0.05) is 30.1 Å². The fourth-order valence-electron chi connectivity index (χ4n) is 1.49. The second-order valence-electron chi connectivity index (χ2n) is 3.87. The standard InChI is InChI=1S/C13H11Cl2FN2O/c1-2-3-12-17-11(15)7-13(18-12)19-8-4-5-9(14)10(16)6-8/h4-7H,2-3H2,1H3. The van der Waals surface area contributed by atoms with Crippen LogP contribution in [-0.2, 0) is 6.42 Å². The summed E-state index contributed by atoms with van der Waals surface area (Å²) in [5, 5.41) is 0.336. The van der Waals surface area contributed by atoms with E-state index < -0.39 is 5.82 Å². The van der Waals surface area contributed by atoms with Crippen molar-refractivity contribution in [1.82, 2.24) is 9.97 Å². The number of aromatic nitrogens is 2. The fourth-order valence-corrected chi connectivity index (χ4v) is 1.80. The third-order valence-corrected chi connectivity index (χ3v) is 2.80. The average molecular weight is 301 g/mol. The molecule has 0 fully saturated rings. The molecular formula is C13H11Cl2FN2O. The quantitative estimate of drug-likeness (QED) is 0.770. The van der Waals surface area contributed by atoms with Crippen molar-refractivity contribution in [2.75, 3.05) is 0 Å². The van der Waals surface area contributed by atoms with E-state index in [2.05, 4.69) is 9.97 Å². The molecule has 0 aliphatic carbocycles. The van der Waals surface area contributed by atoms with Gasteiger partial charge in [-0.3, -0.25) is 0 Å². The monoisotopic (exact) mass is 300 g/mol. The van der Waals surface area contributed by atoms with Crippen LogP contribution in [0.3, 0.4) is 0 Å². The molecule has 0 aliphatic heterocycles. The molecule has 1 aromatic heterocycles. The Labute approximate surface area is 120 Å². The number of halogens is 3. The first-order valence-electron chi connectivity index (χ1n) is 5.75. The van der Waals surface area contributed by atoms with E-state index >= 15 is 0 Å². The molecule has 0 saturated carbocycles. The van der Waals surface area contributed by atoms with Crippen LogP contribution in [-0.4, -0.2) is 9.97 Å². The van der Waals surface area contributed by atoms with Crippen molar-refractivity contribution in [3.05, 3.63) is 46.1 Å². The van der Waals surface area contributed by atoms with Crippen LogP contribution in [0.15, 0.2) is 24.3 Å². The second kappa shape index (κ2) is 6.17. The Morgan fingerprint density at radius 1 is 1.21 bits per heavy atom. The van der Waals surface area contributed by atoms with Crippen molar-refractivity contribution in [2.24, 2.45) is 0 Å². The number of aryl methyl sites for hydroxylation is 1. The van der Waals surface area contributed by atoms with Crippen molar-refractivity contribution in [3.63, 3.8) is 0 Å². The van der Waals surface area contributed by atoms with E-state index in [1.54, 1.807) is 6.07 Å². The van der Waals surface area contributed by atoms with E-state index in [0.29, 0.717) is 23.1 Å². The van der Waals surface area contributed by atoms with Gasteiger partial charge in [0, 0.05) is 18.6 Å². The van der Waals surface area contributed by atoms with Gasteiger partial charge in [0.05, 0.1) is 5.02 Å². The van der Waals surface area contributed by atoms with Crippen LogP contribution in [0.5, 0.6) is 11.6 Å². The molecule has 0 unspecified atom stereocenters. The molecule has 0 spiro atoms. The summed E-state index contributed by atoms with van der Waals surface area (Å²) in [7, 11) is 0. The van der Waals surface area contributed by atoms with Gasteiger partial charge in [0.25, 0.3) is 0 Å². The first-order chi connectivity index (χ1) is 9.08. The van der Waals surface area contributed by atoms with Gasteiger partial charge in [0.1, 0.15) is 22.5 Å². The molecule has 0 bridgehead atoms. The van der Waals surface area contributed by atoms with Gasteiger partial charge >= 0.3 is 0 Å². The van der Waals surface area contributed by atoms with E-state index in [1.807, 2.05) is 6.92 Å². The van der Waals surface area contributed by atoms with Gasteiger partial charge in [-0.2, -0.15) is 4.98 Å². The zero-order valence-corrected chi connectivity index (χ0v) is 11.7. The zero-order chi connectivity index (χ0) is 13.8. The Morgan fingerprint density at radius 3 is 2.68 bits per heavy atom. The molecule has 0 saturated heterocycles. The summed E-state index contributed by atoms with van der Waals surface area (Å²) in [5.74, 6) is 0.636. The van der Waals surface area contributed by atoms with E-state index in [1.165, 1.54) is 18.2 Å². The summed E-state index contributed by atoms with van der Waals surface area (Å²) in [6.45, 7) is 2.01. The highest BCUT2D eigenvalue weighted by molar-refractivity contribution is 6.30. The molecule has 100 valence electrons. The lowest BCUT2D eigenvalue weighted by Gasteiger charge is -2.07.